The van der Waals surface area contributed by atoms with E-state index in [1.807, 2.05) is 6.92 Å². The second-order valence-corrected chi connectivity index (χ2v) is 4.94. The van der Waals surface area contributed by atoms with Crippen LogP contribution >= 0.6 is 0 Å². The van der Waals surface area contributed by atoms with Gasteiger partial charge in [0.15, 0.2) is 0 Å². The molecule has 0 radical (unpaired) electrons. The lowest BCUT2D eigenvalue weighted by Gasteiger charge is -2.27. The highest BCUT2D eigenvalue weighted by molar-refractivity contribution is 5.83. The van der Waals surface area contributed by atoms with E-state index in [1.165, 1.54) is 0 Å². The number of aliphatic carboxylic acids is 1. The molecule has 1 saturated heterocycles. The van der Waals surface area contributed by atoms with Gasteiger partial charge in [0.25, 0.3) is 0 Å². The highest BCUT2D eigenvalue weighted by Crippen LogP contribution is 2.20. The summed E-state index contributed by atoms with van der Waals surface area (Å²) < 4.78 is 0. The van der Waals surface area contributed by atoms with Gasteiger partial charge in [0.2, 0.25) is 5.91 Å². The van der Waals surface area contributed by atoms with Crippen LogP contribution in [0.25, 0.3) is 0 Å². The van der Waals surface area contributed by atoms with Crippen molar-refractivity contribution in [2.24, 2.45) is 5.41 Å². The minimum absolute atomic E-state index is 0.0781. The van der Waals surface area contributed by atoms with Crippen molar-refractivity contribution < 1.29 is 14.7 Å². The Morgan fingerprint density at radius 1 is 1.47 bits per heavy atom. The van der Waals surface area contributed by atoms with Crippen molar-refractivity contribution in [2.45, 2.75) is 45.6 Å². The van der Waals surface area contributed by atoms with Crippen LogP contribution in [0.5, 0.6) is 0 Å². The number of carboxylic acid groups (broad SMARTS) is 1. The Morgan fingerprint density at radius 2 is 2.18 bits per heavy atom. The van der Waals surface area contributed by atoms with Crippen molar-refractivity contribution in [3.05, 3.63) is 0 Å². The standard InChI is InChI=1S/C12H22N2O3/c1-3-12(2,11(16)17)8-14-10(15)9-6-4-5-7-13-9/h9,13H,3-8H2,1-2H3,(H,14,15)(H,16,17)/t9-,12?/m1/s1. The Kier molecular flexibility index (Phi) is 4.93. The number of piperidine rings is 1. The molecular weight excluding hydrogens is 220 g/mol. The van der Waals surface area contributed by atoms with Crippen LogP contribution < -0.4 is 10.6 Å². The largest absolute Gasteiger partial charge is 0.481 e. The number of hydrogen-bond donors (Lipinski definition) is 3. The molecule has 1 rings (SSSR count). The molecule has 5 nitrogen and oxygen atoms in total. The molecule has 0 aromatic heterocycles. The van der Waals surface area contributed by atoms with Crippen LogP contribution in [0.15, 0.2) is 0 Å². The molecule has 1 amide bonds. The van der Waals surface area contributed by atoms with Crippen LogP contribution in [0.2, 0.25) is 0 Å². The van der Waals surface area contributed by atoms with Crippen molar-refractivity contribution in [3.8, 4) is 0 Å². The molecule has 5 heteroatoms. The summed E-state index contributed by atoms with van der Waals surface area (Å²) in [4.78, 5) is 22.9. The summed E-state index contributed by atoms with van der Waals surface area (Å²) in [6.45, 7) is 4.53. The smallest absolute Gasteiger partial charge is 0.311 e. The number of carboxylic acids is 1. The molecule has 3 N–H and O–H groups in total. The van der Waals surface area contributed by atoms with Gasteiger partial charge < -0.3 is 15.7 Å². The van der Waals surface area contributed by atoms with Crippen molar-refractivity contribution >= 4 is 11.9 Å². The minimum Gasteiger partial charge on any atom is -0.481 e. The summed E-state index contributed by atoms with van der Waals surface area (Å²) in [6, 6.07) is -0.154. The fourth-order valence-electron chi connectivity index (χ4n) is 1.83. The zero-order valence-electron chi connectivity index (χ0n) is 10.6. The fraction of sp³-hybridized carbons (Fsp3) is 0.833. The number of hydrogen-bond acceptors (Lipinski definition) is 3. The first-order valence-electron chi connectivity index (χ1n) is 6.24. The van der Waals surface area contributed by atoms with Gasteiger partial charge in [-0.25, -0.2) is 0 Å². The van der Waals surface area contributed by atoms with Crippen LogP contribution in [0, 0.1) is 5.41 Å². The molecule has 0 bridgehead atoms. The number of amides is 1. The molecule has 0 aromatic rings. The SMILES string of the molecule is CCC(C)(CNC(=O)[C@H]1CCCCN1)C(=O)O. The summed E-state index contributed by atoms with van der Waals surface area (Å²) in [5, 5.41) is 15.0. The first-order valence-corrected chi connectivity index (χ1v) is 6.24. The third-order valence-electron chi connectivity index (χ3n) is 3.58. The third kappa shape index (κ3) is 3.70. The van der Waals surface area contributed by atoms with E-state index in [1.54, 1.807) is 6.92 Å². The molecule has 0 aliphatic carbocycles. The Labute approximate surface area is 102 Å². The summed E-state index contributed by atoms with van der Waals surface area (Å²) in [6.07, 6.45) is 3.49. The number of nitrogens with one attached hydrogen (secondary N) is 2. The van der Waals surface area contributed by atoms with E-state index in [4.69, 9.17) is 5.11 Å². The van der Waals surface area contributed by atoms with E-state index < -0.39 is 11.4 Å². The predicted molar refractivity (Wildman–Crippen MR) is 64.7 cm³/mol. The Balaban J connectivity index is 2.43. The maximum atomic E-state index is 11.8. The van der Waals surface area contributed by atoms with E-state index in [2.05, 4.69) is 10.6 Å². The molecule has 1 unspecified atom stereocenters. The Morgan fingerprint density at radius 3 is 2.65 bits per heavy atom. The van der Waals surface area contributed by atoms with Gasteiger partial charge in [0.1, 0.15) is 0 Å². The molecule has 1 aliphatic rings. The molecule has 1 fully saturated rings. The van der Waals surface area contributed by atoms with Gasteiger partial charge in [0.05, 0.1) is 11.5 Å². The van der Waals surface area contributed by atoms with Gasteiger partial charge in [-0.05, 0) is 32.7 Å². The van der Waals surface area contributed by atoms with Crippen LogP contribution in [-0.4, -0.2) is 36.1 Å². The van der Waals surface area contributed by atoms with Crippen molar-refractivity contribution in [3.63, 3.8) is 0 Å². The van der Waals surface area contributed by atoms with Gasteiger partial charge in [-0.15, -0.1) is 0 Å². The maximum Gasteiger partial charge on any atom is 0.311 e. The normalized spacial score (nSPS) is 23.8. The van der Waals surface area contributed by atoms with Crippen molar-refractivity contribution in [2.75, 3.05) is 13.1 Å². The van der Waals surface area contributed by atoms with E-state index in [0.717, 1.165) is 25.8 Å². The first kappa shape index (κ1) is 14.0. The van der Waals surface area contributed by atoms with Crippen molar-refractivity contribution in [1.29, 1.82) is 0 Å². The zero-order valence-corrected chi connectivity index (χ0v) is 10.6. The monoisotopic (exact) mass is 242 g/mol. The van der Waals surface area contributed by atoms with Gasteiger partial charge in [0, 0.05) is 6.54 Å². The Hall–Kier alpha value is -1.10. The molecule has 1 aliphatic heterocycles. The molecule has 0 saturated carbocycles. The molecule has 2 atom stereocenters. The first-order chi connectivity index (χ1) is 7.99. The molecule has 98 valence electrons. The zero-order chi connectivity index (χ0) is 12.9. The van der Waals surface area contributed by atoms with Crippen LogP contribution in [0.1, 0.15) is 39.5 Å². The Bertz CT molecular complexity index is 287. The maximum absolute atomic E-state index is 11.8. The van der Waals surface area contributed by atoms with Crippen LogP contribution in [0.4, 0.5) is 0 Å². The summed E-state index contributed by atoms with van der Waals surface area (Å²) in [5.74, 6) is -0.942. The second kappa shape index (κ2) is 6.00. The molecule has 0 spiro atoms. The van der Waals surface area contributed by atoms with Gasteiger partial charge in [-0.1, -0.05) is 13.3 Å². The van der Waals surface area contributed by atoms with Gasteiger partial charge in [-0.3, -0.25) is 9.59 Å². The highest BCUT2D eigenvalue weighted by atomic mass is 16.4. The van der Waals surface area contributed by atoms with E-state index in [9.17, 15) is 9.59 Å². The second-order valence-electron chi connectivity index (χ2n) is 4.94. The summed E-state index contributed by atoms with van der Waals surface area (Å²) >= 11 is 0. The van der Waals surface area contributed by atoms with E-state index >= 15 is 0 Å². The quantitative estimate of drug-likeness (QED) is 0.664. The van der Waals surface area contributed by atoms with E-state index in [0.29, 0.717) is 6.42 Å². The summed E-state index contributed by atoms with van der Waals surface area (Å²) in [5.41, 5.74) is -0.871. The molecule has 1 heterocycles. The van der Waals surface area contributed by atoms with Gasteiger partial charge >= 0.3 is 5.97 Å². The topological polar surface area (TPSA) is 78.4 Å². The minimum atomic E-state index is -0.871. The lowest BCUT2D eigenvalue weighted by atomic mass is 9.87. The van der Waals surface area contributed by atoms with E-state index in [-0.39, 0.29) is 18.5 Å². The fourth-order valence-corrected chi connectivity index (χ4v) is 1.83. The molecule has 0 aromatic carbocycles. The molecule has 17 heavy (non-hydrogen) atoms. The number of rotatable bonds is 5. The lowest BCUT2D eigenvalue weighted by molar-refractivity contribution is -0.148. The van der Waals surface area contributed by atoms with Crippen LogP contribution in [-0.2, 0) is 9.59 Å². The lowest BCUT2D eigenvalue weighted by Crippen LogP contribution is -2.50. The average molecular weight is 242 g/mol. The average Bonchev–Trinajstić information content (AvgIpc) is 2.36. The highest BCUT2D eigenvalue weighted by Gasteiger charge is 2.32. The number of carbonyl (C=O) groups excluding carboxylic acids is 1. The predicted octanol–water partition coefficient (Wildman–Crippen LogP) is 0.746. The summed E-state index contributed by atoms with van der Waals surface area (Å²) in [7, 11) is 0. The van der Waals surface area contributed by atoms with Gasteiger partial charge in [-0.2, -0.15) is 0 Å². The third-order valence-corrected chi connectivity index (χ3v) is 3.58. The van der Waals surface area contributed by atoms with Crippen molar-refractivity contribution in [1.82, 2.24) is 10.6 Å². The number of carbonyl (C=O) groups is 2. The molecular formula is C12H22N2O3. The van der Waals surface area contributed by atoms with Crippen LogP contribution in [0.3, 0.4) is 0 Å².